The molecule has 0 heterocycles. The fourth-order valence-corrected chi connectivity index (χ4v) is 3.30. The zero-order chi connectivity index (χ0) is 14.5. The Morgan fingerprint density at radius 1 is 1.26 bits per heavy atom. The molecule has 0 amide bonds. The van der Waals surface area contributed by atoms with E-state index in [1.165, 1.54) is 24.6 Å². The zero-order valence-electron chi connectivity index (χ0n) is 11.3. The molecule has 0 bridgehead atoms. The van der Waals surface area contributed by atoms with E-state index in [0.29, 0.717) is 5.75 Å². The van der Waals surface area contributed by atoms with Crippen molar-refractivity contribution in [2.75, 3.05) is 33.9 Å². The van der Waals surface area contributed by atoms with Crippen LogP contribution in [0.1, 0.15) is 6.92 Å². The molecule has 0 aromatic heterocycles. The van der Waals surface area contributed by atoms with Gasteiger partial charge in [-0.3, -0.25) is 0 Å². The van der Waals surface area contributed by atoms with Crippen LogP contribution in [0.15, 0.2) is 23.1 Å². The van der Waals surface area contributed by atoms with Crippen LogP contribution in [0, 0.1) is 0 Å². The zero-order valence-corrected chi connectivity index (χ0v) is 12.1. The lowest BCUT2D eigenvalue weighted by molar-refractivity contribution is 0.256. The molecular formula is C12H19NO5S. The van der Waals surface area contributed by atoms with E-state index in [-0.39, 0.29) is 30.3 Å². The van der Waals surface area contributed by atoms with Gasteiger partial charge in [-0.15, -0.1) is 0 Å². The lowest BCUT2D eigenvalue weighted by atomic mass is 10.3. The summed E-state index contributed by atoms with van der Waals surface area (Å²) in [5.74, 6) is 0.677. The molecule has 0 atom stereocenters. The normalized spacial score (nSPS) is 11.6. The lowest BCUT2D eigenvalue weighted by Gasteiger charge is -2.21. The van der Waals surface area contributed by atoms with Crippen LogP contribution >= 0.6 is 0 Å². The number of aliphatic hydroxyl groups excluding tert-OH is 1. The first-order valence-electron chi connectivity index (χ1n) is 5.84. The summed E-state index contributed by atoms with van der Waals surface area (Å²) in [5, 5.41) is 8.94. The minimum absolute atomic E-state index is 0.0321. The smallest absolute Gasteiger partial charge is 0.246 e. The Balaban J connectivity index is 3.32. The quantitative estimate of drug-likeness (QED) is 0.800. The van der Waals surface area contributed by atoms with Crippen molar-refractivity contribution < 1.29 is 23.0 Å². The third-order valence-electron chi connectivity index (χ3n) is 2.69. The molecule has 1 aromatic rings. The number of likely N-dealkylation sites (N-methyl/N-ethyl adjacent to an activating group) is 1. The summed E-state index contributed by atoms with van der Waals surface area (Å²) in [6, 6.07) is 4.58. The number of ether oxygens (including phenoxy) is 2. The highest BCUT2D eigenvalue weighted by molar-refractivity contribution is 7.89. The van der Waals surface area contributed by atoms with Gasteiger partial charge in [-0.25, -0.2) is 8.42 Å². The second-order valence-corrected chi connectivity index (χ2v) is 5.64. The molecule has 6 nitrogen and oxygen atoms in total. The fraction of sp³-hybridized carbons (Fsp3) is 0.500. The number of rotatable bonds is 7. The minimum atomic E-state index is -3.72. The molecular weight excluding hydrogens is 270 g/mol. The molecule has 0 saturated heterocycles. The van der Waals surface area contributed by atoms with Crippen LogP contribution in [-0.4, -0.2) is 51.7 Å². The molecule has 0 aliphatic rings. The van der Waals surface area contributed by atoms with Crippen molar-refractivity contribution in [2.24, 2.45) is 0 Å². The Morgan fingerprint density at radius 3 is 2.42 bits per heavy atom. The Bertz CT molecular complexity index is 515. The SMILES string of the molecule is CCN(CCO)S(=O)(=O)c1cc(OC)ccc1OC. The summed E-state index contributed by atoms with van der Waals surface area (Å²) in [4.78, 5) is 0.0321. The molecule has 1 rings (SSSR count). The summed E-state index contributed by atoms with van der Waals surface area (Å²) in [6.07, 6.45) is 0. The van der Waals surface area contributed by atoms with E-state index < -0.39 is 10.0 Å². The maximum absolute atomic E-state index is 12.5. The monoisotopic (exact) mass is 289 g/mol. The Hall–Kier alpha value is -1.31. The topological polar surface area (TPSA) is 76.1 Å². The molecule has 108 valence electrons. The van der Waals surface area contributed by atoms with Gasteiger partial charge >= 0.3 is 0 Å². The van der Waals surface area contributed by atoms with Crippen molar-refractivity contribution in [2.45, 2.75) is 11.8 Å². The van der Waals surface area contributed by atoms with Crippen LogP contribution in [0.3, 0.4) is 0 Å². The van der Waals surface area contributed by atoms with E-state index in [4.69, 9.17) is 14.6 Å². The van der Waals surface area contributed by atoms with Crippen molar-refractivity contribution in [3.63, 3.8) is 0 Å². The van der Waals surface area contributed by atoms with E-state index in [9.17, 15) is 8.42 Å². The third-order valence-corrected chi connectivity index (χ3v) is 4.69. The maximum atomic E-state index is 12.5. The highest BCUT2D eigenvalue weighted by atomic mass is 32.2. The van der Waals surface area contributed by atoms with Crippen LogP contribution in [-0.2, 0) is 10.0 Å². The Kier molecular flexibility index (Phi) is 5.59. The van der Waals surface area contributed by atoms with E-state index in [2.05, 4.69) is 0 Å². The van der Waals surface area contributed by atoms with E-state index in [1.807, 2.05) is 0 Å². The minimum Gasteiger partial charge on any atom is -0.497 e. The molecule has 0 unspecified atom stereocenters. The van der Waals surface area contributed by atoms with Gasteiger partial charge in [0.25, 0.3) is 0 Å². The molecule has 1 aromatic carbocycles. The molecule has 0 spiro atoms. The third kappa shape index (κ3) is 3.37. The van der Waals surface area contributed by atoms with Gasteiger partial charge in [0, 0.05) is 19.2 Å². The van der Waals surface area contributed by atoms with Crippen molar-refractivity contribution in [3.8, 4) is 11.5 Å². The van der Waals surface area contributed by atoms with Crippen LogP contribution in [0.5, 0.6) is 11.5 Å². The first kappa shape index (κ1) is 15.7. The maximum Gasteiger partial charge on any atom is 0.246 e. The number of hydrogen-bond acceptors (Lipinski definition) is 5. The van der Waals surface area contributed by atoms with Gasteiger partial charge in [0.1, 0.15) is 16.4 Å². The molecule has 7 heteroatoms. The molecule has 0 fully saturated rings. The van der Waals surface area contributed by atoms with Crippen LogP contribution < -0.4 is 9.47 Å². The second kappa shape index (κ2) is 6.74. The molecule has 19 heavy (non-hydrogen) atoms. The summed E-state index contributed by atoms with van der Waals surface area (Å²) in [5.41, 5.74) is 0. The number of methoxy groups -OCH3 is 2. The van der Waals surface area contributed by atoms with Crippen molar-refractivity contribution in [1.82, 2.24) is 4.31 Å². The van der Waals surface area contributed by atoms with Gasteiger partial charge in [0.05, 0.1) is 20.8 Å². The number of sulfonamides is 1. The molecule has 0 aliphatic carbocycles. The van der Waals surface area contributed by atoms with Gasteiger partial charge < -0.3 is 14.6 Å². The predicted octanol–water partition coefficient (Wildman–Crippen LogP) is 0.707. The van der Waals surface area contributed by atoms with Gasteiger partial charge in [0.15, 0.2) is 0 Å². The first-order chi connectivity index (χ1) is 9.01. The molecule has 0 saturated carbocycles. The highest BCUT2D eigenvalue weighted by Crippen LogP contribution is 2.30. The highest BCUT2D eigenvalue weighted by Gasteiger charge is 2.26. The molecule has 1 N–H and O–H groups in total. The summed E-state index contributed by atoms with van der Waals surface area (Å²) in [6.45, 7) is 1.78. The van der Waals surface area contributed by atoms with E-state index in [0.717, 1.165) is 0 Å². The number of hydrogen-bond donors (Lipinski definition) is 1. The lowest BCUT2D eigenvalue weighted by Crippen LogP contribution is -2.33. The number of nitrogens with zero attached hydrogens (tertiary/aromatic N) is 1. The number of benzene rings is 1. The summed E-state index contributed by atoms with van der Waals surface area (Å²) < 4.78 is 36.3. The standard InChI is InChI=1S/C12H19NO5S/c1-4-13(7-8-14)19(15,16)12-9-10(17-2)5-6-11(12)18-3/h5-6,9,14H,4,7-8H2,1-3H3. The Morgan fingerprint density at radius 2 is 1.95 bits per heavy atom. The van der Waals surface area contributed by atoms with E-state index in [1.54, 1.807) is 19.1 Å². The molecule has 0 radical (unpaired) electrons. The average Bonchev–Trinajstić information content (AvgIpc) is 2.43. The van der Waals surface area contributed by atoms with Gasteiger partial charge in [-0.1, -0.05) is 6.92 Å². The summed E-state index contributed by atoms with van der Waals surface area (Å²) in [7, 11) is -0.853. The van der Waals surface area contributed by atoms with Crippen LogP contribution in [0.2, 0.25) is 0 Å². The van der Waals surface area contributed by atoms with Crippen molar-refractivity contribution in [3.05, 3.63) is 18.2 Å². The largest absolute Gasteiger partial charge is 0.497 e. The Labute approximate surface area is 113 Å². The number of aliphatic hydroxyl groups is 1. The van der Waals surface area contributed by atoms with Gasteiger partial charge in [-0.2, -0.15) is 4.31 Å². The first-order valence-corrected chi connectivity index (χ1v) is 7.28. The van der Waals surface area contributed by atoms with Crippen molar-refractivity contribution in [1.29, 1.82) is 0 Å². The van der Waals surface area contributed by atoms with Gasteiger partial charge in [0.2, 0.25) is 10.0 Å². The second-order valence-electron chi connectivity index (χ2n) is 3.74. The van der Waals surface area contributed by atoms with Gasteiger partial charge in [-0.05, 0) is 12.1 Å². The summed E-state index contributed by atoms with van der Waals surface area (Å²) >= 11 is 0. The van der Waals surface area contributed by atoms with Crippen molar-refractivity contribution >= 4 is 10.0 Å². The van der Waals surface area contributed by atoms with Crippen LogP contribution in [0.25, 0.3) is 0 Å². The van der Waals surface area contributed by atoms with Crippen LogP contribution in [0.4, 0.5) is 0 Å². The molecule has 0 aliphatic heterocycles. The average molecular weight is 289 g/mol. The van der Waals surface area contributed by atoms with E-state index >= 15 is 0 Å². The fourth-order valence-electron chi connectivity index (χ4n) is 1.68. The predicted molar refractivity (Wildman–Crippen MR) is 71.1 cm³/mol.